The van der Waals surface area contributed by atoms with Crippen molar-refractivity contribution in [1.82, 2.24) is 0 Å². The number of esters is 1. The van der Waals surface area contributed by atoms with E-state index in [0.717, 1.165) is 34.8 Å². The maximum atomic E-state index is 12.7. The van der Waals surface area contributed by atoms with E-state index in [1.54, 1.807) is 0 Å². The van der Waals surface area contributed by atoms with Crippen molar-refractivity contribution in [3.8, 4) is 11.5 Å². The molecule has 0 fully saturated rings. The Morgan fingerprint density at radius 2 is 1.81 bits per heavy atom. The van der Waals surface area contributed by atoms with Gasteiger partial charge in [-0.3, -0.25) is 0 Å². The number of methoxy groups -OCH3 is 1. The van der Waals surface area contributed by atoms with Gasteiger partial charge in [0.15, 0.2) is 0 Å². The van der Waals surface area contributed by atoms with Crippen LogP contribution in [0.15, 0.2) is 47.4 Å². The van der Waals surface area contributed by atoms with Crippen molar-refractivity contribution in [2.75, 3.05) is 32.7 Å². The molecule has 0 saturated carbocycles. The van der Waals surface area contributed by atoms with Gasteiger partial charge in [0.25, 0.3) is 0 Å². The monoisotopic (exact) mass is 472 g/mol. The predicted molar refractivity (Wildman–Crippen MR) is 116 cm³/mol. The summed E-state index contributed by atoms with van der Waals surface area (Å²) in [5, 5.41) is 0. The Morgan fingerprint density at radius 3 is 2.41 bits per heavy atom. The molecule has 9 heteroatoms. The highest BCUT2D eigenvalue weighted by molar-refractivity contribution is 7.99. The first-order valence-electron chi connectivity index (χ1n) is 10.1. The third-order valence-electron chi connectivity index (χ3n) is 4.33. The van der Waals surface area contributed by atoms with Gasteiger partial charge in [0, 0.05) is 10.6 Å². The second-order valence-corrected chi connectivity index (χ2v) is 8.02. The highest BCUT2D eigenvalue weighted by atomic mass is 32.2. The minimum atomic E-state index is -4.41. The quantitative estimate of drug-likeness (QED) is 0.299. The Bertz CT molecular complexity index is 856. The zero-order chi connectivity index (χ0) is 23.6. The molecule has 0 heterocycles. The fourth-order valence-corrected chi connectivity index (χ4v) is 3.59. The van der Waals surface area contributed by atoms with E-state index in [-0.39, 0.29) is 19.0 Å². The van der Waals surface area contributed by atoms with Gasteiger partial charge < -0.3 is 18.9 Å². The molecule has 0 amide bonds. The Balaban J connectivity index is 1.97. The van der Waals surface area contributed by atoms with Crippen molar-refractivity contribution in [2.45, 2.75) is 37.4 Å². The number of carbonyl (C=O) groups excluding carboxylic acids is 1. The summed E-state index contributed by atoms with van der Waals surface area (Å²) in [6, 6.07) is 10.3. The van der Waals surface area contributed by atoms with E-state index in [0.29, 0.717) is 12.4 Å². The first-order chi connectivity index (χ1) is 15.2. The van der Waals surface area contributed by atoms with Gasteiger partial charge in [-0.05, 0) is 61.4 Å². The summed E-state index contributed by atoms with van der Waals surface area (Å²) < 4.78 is 59.6. The van der Waals surface area contributed by atoms with Crippen LogP contribution in [0.5, 0.6) is 11.5 Å². The van der Waals surface area contributed by atoms with Crippen molar-refractivity contribution in [2.24, 2.45) is 0 Å². The fourth-order valence-electron chi connectivity index (χ4n) is 2.59. The van der Waals surface area contributed by atoms with E-state index in [4.69, 9.17) is 14.2 Å². The molecule has 1 atom stereocenters. The first-order valence-corrected chi connectivity index (χ1v) is 11.1. The number of halogens is 3. The van der Waals surface area contributed by atoms with E-state index < -0.39 is 23.8 Å². The maximum Gasteiger partial charge on any atom is 0.416 e. The number of hydrogen-bond donors (Lipinski definition) is 0. The van der Waals surface area contributed by atoms with Gasteiger partial charge in [-0.1, -0.05) is 6.92 Å². The Morgan fingerprint density at radius 1 is 1.09 bits per heavy atom. The molecule has 2 rings (SSSR count). The second-order valence-electron chi connectivity index (χ2n) is 6.93. The summed E-state index contributed by atoms with van der Waals surface area (Å²) in [6.45, 7) is 4.47. The number of rotatable bonds is 12. The predicted octanol–water partition coefficient (Wildman–Crippen LogP) is 5.53. The van der Waals surface area contributed by atoms with Crippen molar-refractivity contribution in [3.63, 3.8) is 0 Å². The molecule has 0 aromatic heterocycles. The number of thioether (sulfide) groups is 1. The second kappa shape index (κ2) is 12.6. The molecule has 176 valence electrons. The van der Waals surface area contributed by atoms with Crippen molar-refractivity contribution < 1.29 is 36.9 Å². The number of aryl methyl sites for hydroxylation is 1. The van der Waals surface area contributed by atoms with Gasteiger partial charge in [0.05, 0.1) is 19.3 Å². The van der Waals surface area contributed by atoms with E-state index in [9.17, 15) is 18.0 Å². The average molecular weight is 473 g/mol. The van der Waals surface area contributed by atoms with Crippen LogP contribution >= 0.6 is 11.8 Å². The summed E-state index contributed by atoms with van der Waals surface area (Å²) in [6.07, 6.45) is -3.97. The van der Waals surface area contributed by atoms with Crippen LogP contribution in [-0.4, -0.2) is 44.8 Å². The minimum Gasteiger partial charge on any atom is -0.493 e. The summed E-state index contributed by atoms with van der Waals surface area (Å²) in [4.78, 5) is 12.4. The third kappa shape index (κ3) is 8.63. The summed E-state index contributed by atoms with van der Waals surface area (Å²) in [7, 11) is 1.26. The number of carbonyl (C=O) groups is 1. The Hall–Kier alpha value is -2.39. The fraction of sp³-hybridized carbons (Fsp3) is 0.435. The molecule has 0 bridgehead atoms. The van der Waals surface area contributed by atoms with Crippen LogP contribution in [0.25, 0.3) is 0 Å². The van der Waals surface area contributed by atoms with Crippen LogP contribution in [0.2, 0.25) is 0 Å². The van der Waals surface area contributed by atoms with Gasteiger partial charge in [0.1, 0.15) is 30.8 Å². The Kier molecular flexibility index (Phi) is 10.2. The van der Waals surface area contributed by atoms with E-state index in [1.807, 2.05) is 32.0 Å². The third-order valence-corrected chi connectivity index (χ3v) is 5.45. The molecule has 0 aliphatic heterocycles. The van der Waals surface area contributed by atoms with Crippen molar-refractivity contribution in [3.05, 3.63) is 53.6 Å². The van der Waals surface area contributed by atoms with Crippen LogP contribution in [0, 0.1) is 6.92 Å². The Labute approximate surface area is 190 Å². The van der Waals surface area contributed by atoms with E-state index in [2.05, 4.69) is 4.74 Å². The van der Waals surface area contributed by atoms with Crippen LogP contribution in [0.1, 0.15) is 24.5 Å². The SMILES string of the molecule is CCCOc1ccc(SCC(COc2ccc(C(F)(F)F)cc2)OCC(=O)OC)cc1C. The van der Waals surface area contributed by atoms with Crippen LogP contribution in [0.3, 0.4) is 0 Å². The first kappa shape index (κ1) is 25.9. The molecule has 1 unspecified atom stereocenters. The molecular formula is C23H27F3O5S. The summed E-state index contributed by atoms with van der Waals surface area (Å²) in [5.74, 6) is 1.05. The largest absolute Gasteiger partial charge is 0.493 e. The van der Waals surface area contributed by atoms with Crippen LogP contribution in [-0.2, 0) is 20.4 Å². The molecule has 2 aromatic carbocycles. The zero-order valence-corrected chi connectivity index (χ0v) is 19.1. The molecule has 2 aromatic rings. The standard InChI is InChI=1S/C23H27F3O5S/c1-4-11-29-21-10-9-20(12-16(21)2)32-15-19(31-14-22(27)28-3)13-30-18-7-5-17(6-8-18)23(24,25)26/h5-10,12,19H,4,11,13-15H2,1-3H3. The molecule has 0 saturated heterocycles. The topological polar surface area (TPSA) is 54.0 Å². The van der Waals surface area contributed by atoms with Gasteiger partial charge >= 0.3 is 12.1 Å². The zero-order valence-electron chi connectivity index (χ0n) is 18.2. The van der Waals surface area contributed by atoms with Crippen molar-refractivity contribution >= 4 is 17.7 Å². The lowest BCUT2D eigenvalue weighted by molar-refractivity contribution is -0.148. The van der Waals surface area contributed by atoms with Gasteiger partial charge in [-0.25, -0.2) is 4.79 Å². The number of alkyl halides is 3. The van der Waals surface area contributed by atoms with Crippen LogP contribution in [0.4, 0.5) is 13.2 Å². The smallest absolute Gasteiger partial charge is 0.416 e. The van der Waals surface area contributed by atoms with E-state index in [1.165, 1.54) is 31.0 Å². The molecular weight excluding hydrogens is 445 g/mol. The normalized spacial score (nSPS) is 12.3. The van der Waals surface area contributed by atoms with Crippen LogP contribution < -0.4 is 9.47 Å². The lowest BCUT2D eigenvalue weighted by atomic mass is 10.2. The summed E-state index contributed by atoms with van der Waals surface area (Å²) in [5.41, 5.74) is 0.261. The molecule has 0 aliphatic rings. The number of benzene rings is 2. The summed E-state index contributed by atoms with van der Waals surface area (Å²) >= 11 is 1.51. The maximum absolute atomic E-state index is 12.7. The van der Waals surface area contributed by atoms with E-state index >= 15 is 0 Å². The van der Waals surface area contributed by atoms with Gasteiger partial charge in [-0.15, -0.1) is 11.8 Å². The molecule has 5 nitrogen and oxygen atoms in total. The highest BCUT2D eigenvalue weighted by Gasteiger charge is 2.30. The lowest BCUT2D eigenvalue weighted by Crippen LogP contribution is -2.27. The number of ether oxygens (including phenoxy) is 4. The van der Waals surface area contributed by atoms with Crippen molar-refractivity contribution in [1.29, 1.82) is 0 Å². The van der Waals surface area contributed by atoms with Gasteiger partial charge in [-0.2, -0.15) is 13.2 Å². The molecule has 32 heavy (non-hydrogen) atoms. The minimum absolute atomic E-state index is 0.0615. The molecule has 0 aliphatic carbocycles. The average Bonchev–Trinajstić information content (AvgIpc) is 2.77. The molecule has 0 radical (unpaired) electrons. The number of hydrogen-bond acceptors (Lipinski definition) is 6. The lowest BCUT2D eigenvalue weighted by Gasteiger charge is -2.18. The van der Waals surface area contributed by atoms with Gasteiger partial charge in [0.2, 0.25) is 0 Å². The molecule has 0 N–H and O–H groups in total. The molecule has 0 spiro atoms. The highest BCUT2D eigenvalue weighted by Crippen LogP contribution is 2.30.